The molecule has 4 nitrogen and oxygen atoms in total. The summed E-state index contributed by atoms with van der Waals surface area (Å²) in [4.78, 5) is 16.4. The van der Waals surface area contributed by atoms with Crippen molar-refractivity contribution >= 4 is 5.91 Å². The van der Waals surface area contributed by atoms with Crippen molar-refractivity contribution in [1.29, 1.82) is 0 Å². The average Bonchev–Trinajstić information content (AvgIpc) is 2.43. The first-order valence-corrected chi connectivity index (χ1v) is 8.50. The van der Waals surface area contributed by atoms with Crippen LogP contribution in [0, 0.1) is 0 Å². The third-order valence-electron chi connectivity index (χ3n) is 4.86. The fourth-order valence-electron chi connectivity index (χ4n) is 3.33. The van der Waals surface area contributed by atoms with E-state index in [1.165, 1.54) is 19.5 Å². The van der Waals surface area contributed by atoms with Crippen LogP contribution in [0.15, 0.2) is 0 Å². The third kappa shape index (κ3) is 4.74. The van der Waals surface area contributed by atoms with E-state index in [2.05, 4.69) is 44.8 Å². The molecule has 0 aromatic rings. The van der Waals surface area contributed by atoms with Gasteiger partial charge in [0.2, 0.25) is 0 Å². The van der Waals surface area contributed by atoms with Gasteiger partial charge in [0, 0.05) is 12.1 Å². The highest BCUT2D eigenvalue weighted by atomic mass is 16.2. The number of nitrogens with zero attached hydrogens (tertiary/aromatic N) is 1. The summed E-state index contributed by atoms with van der Waals surface area (Å²) in [7, 11) is 0. The van der Waals surface area contributed by atoms with Crippen LogP contribution in [-0.2, 0) is 4.79 Å². The smallest absolute Gasteiger partial charge is 0.280 e. The lowest BCUT2D eigenvalue weighted by molar-refractivity contribution is -0.910. The number of likely N-dealkylation sites (N-methyl/N-ethyl adjacent to an activating group) is 1. The molecular formula is C16H35N3O+2. The van der Waals surface area contributed by atoms with Gasteiger partial charge in [-0.1, -0.05) is 0 Å². The maximum Gasteiger partial charge on any atom is 0.280 e. The Kier molecular flexibility index (Phi) is 7.52. The van der Waals surface area contributed by atoms with Gasteiger partial charge in [-0.15, -0.1) is 0 Å². The minimum Gasteiger partial charge on any atom is -0.332 e. The van der Waals surface area contributed by atoms with Gasteiger partial charge < -0.3 is 15.1 Å². The number of hydrogen-bond acceptors (Lipinski definition) is 1. The number of carbonyl (C=O) groups excluding carboxylic acids is 1. The highest BCUT2D eigenvalue weighted by Gasteiger charge is 2.33. The number of carbonyl (C=O) groups is 1. The lowest BCUT2D eigenvalue weighted by atomic mass is 9.96. The van der Waals surface area contributed by atoms with Gasteiger partial charge in [-0.25, -0.2) is 0 Å². The molecule has 0 radical (unpaired) electrons. The van der Waals surface area contributed by atoms with Crippen molar-refractivity contribution in [1.82, 2.24) is 4.90 Å². The van der Waals surface area contributed by atoms with Crippen molar-refractivity contribution in [2.24, 2.45) is 0 Å². The molecule has 1 saturated heterocycles. The lowest BCUT2D eigenvalue weighted by Crippen LogP contribution is -3.14. The normalized spacial score (nSPS) is 25.0. The van der Waals surface area contributed by atoms with E-state index in [9.17, 15) is 4.79 Å². The molecule has 0 aromatic heterocycles. The summed E-state index contributed by atoms with van der Waals surface area (Å²) in [5.74, 6) is 0.333. The van der Waals surface area contributed by atoms with Crippen molar-refractivity contribution < 1.29 is 15.0 Å². The van der Waals surface area contributed by atoms with Crippen molar-refractivity contribution in [2.75, 3.05) is 26.2 Å². The van der Waals surface area contributed by atoms with E-state index in [1.54, 1.807) is 4.90 Å². The molecule has 0 aliphatic carbocycles. The monoisotopic (exact) mass is 285 g/mol. The van der Waals surface area contributed by atoms with E-state index in [4.69, 9.17) is 0 Å². The minimum atomic E-state index is 0.0629. The Balaban J connectivity index is 2.41. The predicted octanol–water partition coefficient (Wildman–Crippen LogP) is -0.347. The van der Waals surface area contributed by atoms with Gasteiger partial charge in [0.1, 0.15) is 13.1 Å². The van der Waals surface area contributed by atoms with E-state index in [-0.39, 0.29) is 6.04 Å². The highest BCUT2D eigenvalue weighted by molar-refractivity contribution is 5.80. The molecule has 20 heavy (non-hydrogen) atoms. The predicted molar refractivity (Wildman–Crippen MR) is 82.8 cm³/mol. The molecule has 118 valence electrons. The van der Waals surface area contributed by atoms with Crippen LogP contribution in [0.5, 0.6) is 0 Å². The molecule has 0 unspecified atom stereocenters. The Morgan fingerprint density at radius 3 is 2.30 bits per heavy atom. The van der Waals surface area contributed by atoms with Gasteiger partial charge in [-0.05, 0) is 53.9 Å². The third-order valence-corrected chi connectivity index (χ3v) is 4.86. The summed E-state index contributed by atoms with van der Waals surface area (Å²) in [6.45, 7) is 15.4. The van der Waals surface area contributed by atoms with Gasteiger partial charge in [0.25, 0.3) is 5.91 Å². The number of likely N-dealkylation sites (tertiary alicyclic amines) is 1. The van der Waals surface area contributed by atoms with E-state index < -0.39 is 0 Å². The maximum absolute atomic E-state index is 12.6. The summed E-state index contributed by atoms with van der Waals surface area (Å²) in [6, 6.07) is 0.888. The Morgan fingerprint density at radius 2 is 1.80 bits per heavy atom. The lowest BCUT2D eigenvalue weighted by Gasteiger charge is -2.39. The van der Waals surface area contributed by atoms with Crippen molar-refractivity contribution in [3.63, 3.8) is 0 Å². The van der Waals surface area contributed by atoms with Crippen LogP contribution >= 0.6 is 0 Å². The van der Waals surface area contributed by atoms with Crippen LogP contribution in [0.3, 0.4) is 0 Å². The van der Waals surface area contributed by atoms with E-state index in [0.29, 0.717) is 18.0 Å². The number of amides is 1. The molecule has 1 rings (SSSR count). The molecule has 0 bridgehead atoms. The quantitative estimate of drug-likeness (QED) is 0.660. The van der Waals surface area contributed by atoms with Crippen LogP contribution in [0.2, 0.25) is 0 Å². The number of nitrogens with one attached hydrogen (secondary N) is 1. The summed E-state index contributed by atoms with van der Waals surface area (Å²) >= 11 is 0. The van der Waals surface area contributed by atoms with Gasteiger partial charge >= 0.3 is 0 Å². The number of hydrogen-bond donors (Lipinski definition) is 2. The molecule has 1 heterocycles. The first kappa shape index (κ1) is 17.4. The van der Waals surface area contributed by atoms with Crippen LogP contribution in [-0.4, -0.2) is 55.1 Å². The standard InChI is InChI=1S/C16H33N3O/c1-6-18(7-2)12-11-17-15(5)16(20)19-13(3)9-8-10-14(19)4/h13-15,17H,6-12H2,1-5H3/p+2/t13-,14+,15-/m0/s1. The molecule has 1 aliphatic heterocycles. The zero-order chi connectivity index (χ0) is 15.1. The van der Waals surface area contributed by atoms with Gasteiger partial charge in [-0.2, -0.15) is 0 Å². The molecule has 1 fully saturated rings. The van der Waals surface area contributed by atoms with Crippen molar-refractivity contribution in [3.8, 4) is 0 Å². The van der Waals surface area contributed by atoms with Crippen LogP contribution < -0.4 is 10.2 Å². The zero-order valence-corrected chi connectivity index (χ0v) is 14.1. The summed E-state index contributed by atoms with van der Waals surface area (Å²) < 4.78 is 0. The first-order chi connectivity index (χ1) is 9.51. The van der Waals surface area contributed by atoms with Gasteiger partial charge in [0.15, 0.2) is 6.04 Å². The van der Waals surface area contributed by atoms with Crippen molar-refractivity contribution in [3.05, 3.63) is 0 Å². The molecule has 0 aromatic carbocycles. The second-order valence-corrected chi connectivity index (χ2v) is 6.39. The summed E-state index contributed by atoms with van der Waals surface area (Å²) in [6.07, 6.45) is 3.58. The number of rotatable bonds is 7. The minimum absolute atomic E-state index is 0.0629. The fraction of sp³-hybridized carbons (Fsp3) is 0.938. The van der Waals surface area contributed by atoms with E-state index in [0.717, 1.165) is 25.9 Å². The number of quaternary nitrogens is 2. The number of piperidine rings is 1. The largest absolute Gasteiger partial charge is 0.332 e. The Labute approximate surface area is 124 Å². The van der Waals surface area contributed by atoms with Crippen LogP contribution in [0.4, 0.5) is 0 Å². The Bertz CT molecular complexity index is 281. The summed E-state index contributed by atoms with van der Waals surface area (Å²) in [5, 5.41) is 2.22. The molecular weight excluding hydrogens is 250 g/mol. The zero-order valence-electron chi connectivity index (χ0n) is 14.1. The molecule has 1 amide bonds. The highest BCUT2D eigenvalue weighted by Crippen LogP contribution is 2.22. The topological polar surface area (TPSA) is 41.4 Å². The Morgan fingerprint density at radius 1 is 1.25 bits per heavy atom. The Hall–Kier alpha value is -0.610. The van der Waals surface area contributed by atoms with Gasteiger partial charge in [-0.3, -0.25) is 4.79 Å². The maximum atomic E-state index is 12.6. The second kappa shape index (κ2) is 8.63. The van der Waals surface area contributed by atoms with Crippen LogP contribution in [0.1, 0.15) is 53.9 Å². The van der Waals surface area contributed by atoms with Gasteiger partial charge in [0.05, 0.1) is 13.1 Å². The van der Waals surface area contributed by atoms with Crippen LogP contribution in [0.25, 0.3) is 0 Å². The first-order valence-electron chi connectivity index (χ1n) is 8.50. The van der Waals surface area contributed by atoms with Crippen molar-refractivity contribution in [2.45, 2.75) is 72.0 Å². The molecule has 0 saturated carbocycles. The number of nitrogens with two attached hydrogens (primary N) is 1. The molecule has 3 N–H and O–H groups in total. The SMILES string of the molecule is CC[NH+](CC)CC[NH2+][C@@H](C)C(=O)N1[C@H](C)CCC[C@@H]1C. The van der Waals surface area contributed by atoms with E-state index in [1.807, 2.05) is 0 Å². The van der Waals surface area contributed by atoms with E-state index >= 15 is 0 Å². The molecule has 3 atom stereocenters. The fourth-order valence-corrected chi connectivity index (χ4v) is 3.33. The molecule has 1 aliphatic rings. The second-order valence-electron chi connectivity index (χ2n) is 6.39. The average molecular weight is 285 g/mol. The molecule has 4 heteroatoms. The molecule has 0 spiro atoms. The summed E-state index contributed by atoms with van der Waals surface area (Å²) in [5.41, 5.74) is 0.